The highest BCUT2D eigenvalue weighted by Crippen LogP contribution is 2.50. The van der Waals surface area contributed by atoms with Gasteiger partial charge in [-0.2, -0.15) is 0 Å². The van der Waals surface area contributed by atoms with Crippen molar-refractivity contribution in [3.8, 4) is 0 Å². The van der Waals surface area contributed by atoms with Crippen LogP contribution < -0.4 is 0 Å². The molecule has 54 valence electrons. The molecule has 1 fully saturated rings. The van der Waals surface area contributed by atoms with Gasteiger partial charge in [-0.25, -0.2) is 0 Å². The van der Waals surface area contributed by atoms with E-state index < -0.39 is 0 Å². The lowest BCUT2D eigenvalue weighted by molar-refractivity contribution is 0.954. The molecule has 0 spiro atoms. The Balaban J connectivity index is 2.43. The first-order valence-electron chi connectivity index (χ1n) is 3.18. The zero-order chi connectivity index (χ0) is 7.19. The summed E-state index contributed by atoms with van der Waals surface area (Å²) in [6.07, 6.45) is 3.96. The SMILES string of the molecule is S=c1[nH]cc(C2(Cl)CC2)[nH]1. The maximum atomic E-state index is 6.09. The van der Waals surface area contributed by atoms with Crippen LogP contribution in [0.5, 0.6) is 0 Å². The predicted molar refractivity (Wildman–Crippen MR) is 42.7 cm³/mol. The number of rotatable bonds is 1. The van der Waals surface area contributed by atoms with Gasteiger partial charge in [-0.3, -0.25) is 0 Å². The number of hydrogen-bond donors (Lipinski definition) is 2. The van der Waals surface area contributed by atoms with Crippen LogP contribution in [0.3, 0.4) is 0 Å². The van der Waals surface area contributed by atoms with Crippen molar-refractivity contribution in [1.29, 1.82) is 0 Å². The van der Waals surface area contributed by atoms with E-state index in [1.165, 1.54) is 0 Å². The van der Waals surface area contributed by atoms with Crippen LogP contribution in [0.2, 0.25) is 0 Å². The number of nitrogens with one attached hydrogen (secondary N) is 2. The van der Waals surface area contributed by atoms with Gasteiger partial charge in [0.05, 0.1) is 10.6 Å². The number of imidazole rings is 1. The van der Waals surface area contributed by atoms with Crippen LogP contribution in [-0.2, 0) is 4.87 Å². The summed E-state index contributed by atoms with van der Waals surface area (Å²) in [5.74, 6) is 0. The molecule has 0 radical (unpaired) electrons. The van der Waals surface area contributed by atoms with Crippen LogP contribution in [0, 0.1) is 4.77 Å². The average Bonchev–Trinajstić information content (AvgIpc) is 2.45. The molecule has 2 rings (SSSR count). The summed E-state index contributed by atoms with van der Waals surface area (Å²) in [7, 11) is 0. The molecule has 1 aromatic rings. The molecule has 10 heavy (non-hydrogen) atoms. The average molecular weight is 175 g/mol. The van der Waals surface area contributed by atoms with Gasteiger partial charge >= 0.3 is 0 Å². The minimum Gasteiger partial charge on any atom is -0.337 e. The first kappa shape index (κ1) is 6.43. The lowest BCUT2D eigenvalue weighted by Crippen LogP contribution is -1.94. The molecule has 0 aromatic carbocycles. The van der Waals surface area contributed by atoms with Gasteiger partial charge in [-0.1, -0.05) is 0 Å². The molecule has 1 heterocycles. The largest absolute Gasteiger partial charge is 0.337 e. The minimum atomic E-state index is -0.117. The van der Waals surface area contributed by atoms with Crippen LogP contribution in [0.15, 0.2) is 6.20 Å². The van der Waals surface area contributed by atoms with E-state index in [4.69, 9.17) is 23.8 Å². The van der Waals surface area contributed by atoms with Crippen molar-refractivity contribution in [1.82, 2.24) is 9.97 Å². The van der Waals surface area contributed by atoms with E-state index in [9.17, 15) is 0 Å². The van der Waals surface area contributed by atoms with Crippen LogP contribution >= 0.6 is 23.8 Å². The molecule has 0 atom stereocenters. The molecule has 1 aromatic heterocycles. The van der Waals surface area contributed by atoms with Crippen molar-refractivity contribution in [2.75, 3.05) is 0 Å². The second-order valence-corrected chi connectivity index (χ2v) is 3.75. The third-order valence-corrected chi connectivity index (χ3v) is 2.57. The van der Waals surface area contributed by atoms with E-state index in [0.29, 0.717) is 4.77 Å². The monoisotopic (exact) mass is 174 g/mol. The van der Waals surface area contributed by atoms with Crippen molar-refractivity contribution in [3.63, 3.8) is 0 Å². The van der Waals surface area contributed by atoms with Gasteiger partial charge in [-0.15, -0.1) is 11.6 Å². The fourth-order valence-electron chi connectivity index (χ4n) is 0.953. The number of alkyl halides is 1. The standard InChI is InChI=1S/C6H7ClN2S/c7-6(1-2-6)4-3-8-5(10)9-4/h3H,1-2H2,(H2,8,9,10). The first-order valence-corrected chi connectivity index (χ1v) is 3.96. The number of aromatic amines is 2. The zero-order valence-corrected chi connectivity index (χ0v) is 6.85. The van der Waals surface area contributed by atoms with Gasteiger partial charge in [0.15, 0.2) is 4.77 Å². The molecule has 0 bridgehead atoms. The summed E-state index contributed by atoms with van der Waals surface area (Å²) in [6, 6.07) is 0. The lowest BCUT2D eigenvalue weighted by atomic mass is 10.3. The third kappa shape index (κ3) is 0.896. The predicted octanol–water partition coefficient (Wildman–Crippen LogP) is 2.30. The quantitative estimate of drug-likeness (QED) is 0.497. The van der Waals surface area contributed by atoms with E-state index in [1.807, 2.05) is 6.20 Å². The Hall–Kier alpha value is -0.280. The topological polar surface area (TPSA) is 31.6 Å². The van der Waals surface area contributed by atoms with Gasteiger partial charge in [0.25, 0.3) is 0 Å². The Labute approximate surface area is 68.6 Å². The van der Waals surface area contributed by atoms with Crippen molar-refractivity contribution in [3.05, 3.63) is 16.7 Å². The normalized spacial score (nSPS) is 20.9. The molecule has 1 aliphatic carbocycles. The first-order chi connectivity index (χ1) is 4.71. The van der Waals surface area contributed by atoms with Crippen LogP contribution in [0.4, 0.5) is 0 Å². The highest BCUT2D eigenvalue weighted by molar-refractivity contribution is 7.71. The van der Waals surface area contributed by atoms with E-state index >= 15 is 0 Å². The second kappa shape index (κ2) is 1.86. The highest BCUT2D eigenvalue weighted by atomic mass is 35.5. The molecule has 0 amide bonds. The molecule has 1 saturated carbocycles. The van der Waals surface area contributed by atoms with Gasteiger partial charge < -0.3 is 9.97 Å². The van der Waals surface area contributed by atoms with Crippen LogP contribution in [0.1, 0.15) is 18.5 Å². The van der Waals surface area contributed by atoms with E-state index in [2.05, 4.69) is 9.97 Å². The molecule has 1 aliphatic rings. The van der Waals surface area contributed by atoms with E-state index in [0.717, 1.165) is 18.5 Å². The fourth-order valence-corrected chi connectivity index (χ4v) is 1.32. The van der Waals surface area contributed by atoms with Crippen molar-refractivity contribution >= 4 is 23.8 Å². The highest BCUT2D eigenvalue weighted by Gasteiger charge is 2.43. The summed E-state index contributed by atoms with van der Waals surface area (Å²) in [5, 5.41) is 0. The van der Waals surface area contributed by atoms with Gasteiger partial charge in [0, 0.05) is 6.20 Å². The Morgan fingerprint density at radius 2 is 2.30 bits per heavy atom. The second-order valence-electron chi connectivity index (χ2n) is 2.62. The summed E-state index contributed by atoms with van der Waals surface area (Å²) in [5.41, 5.74) is 1.03. The third-order valence-electron chi connectivity index (χ3n) is 1.77. The van der Waals surface area contributed by atoms with E-state index in [-0.39, 0.29) is 4.87 Å². The Morgan fingerprint density at radius 1 is 1.60 bits per heavy atom. The molecule has 4 heteroatoms. The summed E-state index contributed by atoms with van der Waals surface area (Å²) in [6.45, 7) is 0. The lowest BCUT2D eigenvalue weighted by Gasteiger charge is -1.98. The summed E-state index contributed by atoms with van der Waals surface area (Å²) >= 11 is 10.9. The Morgan fingerprint density at radius 3 is 2.70 bits per heavy atom. The number of halogens is 1. The van der Waals surface area contributed by atoms with Gasteiger partial charge in [0.2, 0.25) is 0 Å². The molecule has 2 nitrogen and oxygen atoms in total. The van der Waals surface area contributed by atoms with E-state index in [1.54, 1.807) is 0 Å². The molecule has 0 unspecified atom stereocenters. The summed E-state index contributed by atoms with van der Waals surface area (Å²) < 4.78 is 0.655. The van der Waals surface area contributed by atoms with Crippen molar-refractivity contribution in [2.24, 2.45) is 0 Å². The maximum Gasteiger partial charge on any atom is 0.174 e. The van der Waals surface area contributed by atoms with Crippen LogP contribution in [-0.4, -0.2) is 9.97 Å². The smallest absolute Gasteiger partial charge is 0.174 e. The number of hydrogen-bond acceptors (Lipinski definition) is 1. The zero-order valence-electron chi connectivity index (χ0n) is 5.28. The van der Waals surface area contributed by atoms with Crippen molar-refractivity contribution < 1.29 is 0 Å². The van der Waals surface area contributed by atoms with Gasteiger partial charge in [-0.05, 0) is 25.1 Å². The van der Waals surface area contributed by atoms with Crippen molar-refractivity contribution in [2.45, 2.75) is 17.7 Å². The number of H-pyrrole nitrogens is 2. The molecule has 0 aliphatic heterocycles. The maximum absolute atomic E-state index is 6.09. The molecule has 2 N–H and O–H groups in total. The Bertz CT molecular complexity index is 297. The molecule has 0 saturated heterocycles. The van der Waals surface area contributed by atoms with Gasteiger partial charge in [0.1, 0.15) is 0 Å². The fraction of sp³-hybridized carbons (Fsp3) is 0.500. The molecular weight excluding hydrogens is 168 g/mol. The Kier molecular flexibility index (Phi) is 1.20. The minimum absolute atomic E-state index is 0.117. The molecular formula is C6H7ClN2S. The number of aromatic nitrogens is 2. The summed E-state index contributed by atoms with van der Waals surface area (Å²) in [4.78, 5) is 5.78. The van der Waals surface area contributed by atoms with Crippen LogP contribution in [0.25, 0.3) is 0 Å².